The molecule has 2 heterocycles. The minimum absolute atomic E-state index is 0.0159. The van der Waals surface area contributed by atoms with Crippen molar-refractivity contribution in [1.29, 1.82) is 0 Å². The van der Waals surface area contributed by atoms with Gasteiger partial charge in [0.2, 0.25) is 17.7 Å². The predicted octanol–water partition coefficient (Wildman–Crippen LogP) is 1.65. The third kappa shape index (κ3) is 7.48. The van der Waals surface area contributed by atoms with E-state index >= 15 is 0 Å². The fraction of sp³-hybridized carbons (Fsp3) is 0.583. The van der Waals surface area contributed by atoms with Gasteiger partial charge in [0.1, 0.15) is 12.6 Å². The lowest BCUT2D eigenvalue weighted by Gasteiger charge is -2.71. The maximum Gasteiger partial charge on any atom is 0.303 e. The number of benzene rings is 1. The standard InChI is InChI=1S/C48H56N4O13/c1-44-15-13-29(54)17-28(44)7-8-30-31-18-35-48(34(56)22-53,45(31,2)20-33(55)41(30)44)65-43(64-35)27-5-3-26(4-6-27)19-46-23-47(24-46,25-46)51-42(63)32(9-12-40(61)62)50-37(58)21-49-36(57)14-16-52-38(59)10-11-39(52)60/h3-6,10-11,13,15,17,30-33,35,41,43,53,55H,7-9,12,14,16,18-25H2,1-2H3,(H,49,57)(H,50,58)(H,51,63)(H,61,62)/t30-,31-,32-,33-,35+,41+,43-,44-,45-,46?,47?,48+/m0/s1. The van der Waals surface area contributed by atoms with Gasteiger partial charge in [-0.3, -0.25) is 43.3 Å². The number of aliphatic carboxylic acids is 1. The molecule has 2 aliphatic heterocycles. The molecule has 0 radical (unpaired) electrons. The summed E-state index contributed by atoms with van der Waals surface area (Å²) in [7, 11) is 0. The fourth-order valence-electron chi connectivity index (χ4n) is 13.6. The van der Waals surface area contributed by atoms with Gasteiger partial charge in [-0.25, -0.2) is 0 Å². The highest BCUT2D eigenvalue weighted by Crippen LogP contribution is 2.71. The van der Waals surface area contributed by atoms with E-state index in [1.165, 1.54) is 0 Å². The molecule has 17 heteroatoms. The molecule has 1 aromatic carbocycles. The number of amides is 5. The van der Waals surface area contributed by atoms with Gasteiger partial charge in [0.05, 0.1) is 18.8 Å². The van der Waals surface area contributed by atoms with Crippen LogP contribution in [0.4, 0.5) is 0 Å². The van der Waals surface area contributed by atoms with E-state index in [1.807, 2.05) is 37.3 Å². The molecule has 2 bridgehead atoms. The highest BCUT2D eigenvalue weighted by atomic mass is 16.7. The number of carbonyl (C=O) groups is 8. The Balaban J connectivity index is 0.788. The van der Waals surface area contributed by atoms with Crippen molar-refractivity contribution in [2.24, 2.45) is 34.0 Å². The summed E-state index contributed by atoms with van der Waals surface area (Å²) in [6, 6.07) is 6.69. The summed E-state index contributed by atoms with van der Waals surface area (Å²) >= 11 is 0. The Morgan fingerprint density at radius 3 is 2.34 bits per heavy atom. The van der Waals surface area contributed by atoms with Crippen LogP contribution in [-0.2, 0) is 54.3 Å². The van der Waals surface area contributed by atoms with Crippen LogP contribution in [-0.4, -0.2) is 116 Å². The average molecular weight is 897 g/mol. The Kier molecular flexibility index (Phi) is 11.2. The molecular weight excluding hydrogens is 841 g/mol. The van der Waals surface area contributed by atoms with Crippen LogP contribution in [0.25, 0.3) is 0 Å². The topological polar surface area (TPSA) is 255 Å². The molecule has 0 unspecified atom stereocenters. The van der Waals surface area contributed by atoms with Crippen molar-refractivity contribution >= 4 is 47.1 Å². The molecule has 5 amide bonds. The van der Waals surface area contributed by atoms with Gasteiger partial charge in [0.25, 0.3) is 11.8 Å². The van der Waals surface area contributed by atoms with Gasteiger partial charge in [-0.1, -0.05) is 49.8 Å². The summed E-state index contributed by atoms with van der Waals surface area (Å²) in [6.45, 7) is 2.74. The second-order valence-electron chi connectivity index (χ2n) is 20.3. The molecule has 1 saturated heterocycles. The molecule has 17 nitrogen and oxygen atoms in total. The predicted molar refractivity (Wildman–Crippen MR) is 227 cm³/mol. The van der Waals surface area contributed by atoms with E-state index in [9.17, 15) is 53.7 Å². The molecule has 9 aliphatic rings. The Hall–Kier alpha value is -5.36. The van der Waals surface area contributed by atoms with Crippen LogP contribution in [0.2, 0.25) is 0 Å². The molecule has 0 spiro atoms. The number of aliphatic hydroxyl groups is 2. The number of ether oxygens (including phenoxy) is 2. The van der Waals surface area contributed by atoms with Gasteiger partial charge < -0.3 is 40.7 Å². The number of nitrogens with one attached hydrogen (secondary N) is 3. The van der Waals surface area contributed by atoms with Crippen molar-refractivity contribution in [2.45, 2.75) is 120 Å². The third-order valence-corrected chi connectivity index (χ3v) is 16.4. The van der Waals surface area contributed by atoms with E-state index in [0.717, 1.165) is 53.0 Å². The van der Waals surface area contributed by atoms with E-state index in [0.29, 0.717) is 25.7 Å². The van der Waals surface area contributed by atoms with E-state index < -0.39 is 101 Å². The maximum absolute atomic E-state index is 14.0. The van der Waals surface area contributed by atoms with Crippen LogP contribution in [0, 0.1) is 34.0 Å². The molecule has 10 rings (SSSR count). The molecule has 346 valence electrons. The molecule has 6 saturated carbocycles. The first-order valence-electron chi connectivity index (χ1n) is 22.7. The van der Waals surface area contributed by atoms with E-state index in [-0.39, 0.29) is 61.2 Å². The number of ketones is 2. The molecule has 7 aliphatic carbocycles. The van der Waals surface area contributed by atoms with Crippen molar-refractivity contribution in [3.05, 3.63) is 71.3 Å². The van der Waals surface area contributed by atoms with Crippen molar-refractivity contribution < 1.29 is 63.1 Å². The number of Topliss-reactive ketones (excluding diaryl/α,β-unsaturated/α-hetero) is 1. The number of nitrogens with zero attached hydrogens (tertiary/aromatic N) is 1. The number of allylic oxidation sites excluding steroid dienone is 4. The SMILES string of the molecule is C[C@]12C=CC(=O)C=C1CC[C@@H]1[C@@H]2[C@@H](O)C[C@@]2(C)[C@H]1C[C@H]1O[C@H](c3ccc(CC45CC(NC(=O)[C@H](CCC(=O)O)NC(=O)CNC(=O)CCN6C(=O)C=CC6=O)(C4)C5)cc3)O[C@]12C(=O)CO. The van der Waals surface area contributed by atoms with Crippen LogP contribution in [0.5, 0.6) is 0 Å². The number of aliphatic hydroxyl groups excluding tert-OH is 2. The van der Waals surface area contributed by atoms with Gasteiger partial charge in [0.15, 0.2) is 23.5 Å². The second-order valence-corrected chi connectivity index (χ2v) is 20.3. The lowest BCUT2D eigenvalue weighted by Crippen LogP contribution is -2.76. The number of hydrogen-bond donors (Lipinski definition) is 6. The minimum Gasteiger partial charge on any atom is -0.481 e. The zero-order valence-electron chi connectivity index (χ0n) is 36.5. The Morgan fingerprint density at radius 2 is 1.66 bits per heavy atom. The molecular formula is C48H56N4O13. The first-order valence-corrected chi connectivity index (χ1v) is 22.7. The normalized spacial score (nSPS) is 37.4. The van der Waals surface area contributed by atoms with Crippen molar-refractivity contribution in [3.63, 3.8) is 0 Å². The quantitative estimate of drug-likeness (QED) is 0.129. The van der Waals surface area contributed by atoms with Crippen LogP contribution in [0.1, 0.15) is 95.5 Å². The van der Waals surface area contributed by atoms with Gasteiger partial charge in [-0.15, -0.1) is 0 Å². The highest BCUT2D eigenvalue weighted by Gasteiger charge is 2.76. The van der Waals surface area contributed by atoms with Gasteiger partial charge in [-0.2, -0.15) is 0 Å². The lowest BCUT2D eigenvalue weighted by atomic mass is 9.38. The molecule has 6 N–H and O–H groups in total. The summed E-state index contributed by atoms with van der Waals surface area (Å²) in [5, 5.41) is 39.6. The Bertz CT molecular complexity index is 2300. The van der Waals surface area contributed by atoms with Crippen LogP contribution in [0.15, 0.2) is 60.2 Å². The zero-order valence-corrected chi connectivity index (χ0v) is 36.5. The first kappa shape index (κ1) is 44.8. The number of carboxylic acid groups (broad SMARTS) is 1. The first-order chi connectivity index (χ1) is 30.8. The number of carboxylic acids is 1. The lowest BCUT2D eigenvalue weighted by molar-refractivity contribution is -0.201. The molecule has 0 aromatic heterocycles. The summed E-state index contributed by atoms with van der Waals surface area (Å²) in [4.78, 5) is 100. The number of imide groups is 1. The highest BCUT2D eigenvalue weighted by molar-refractivity contribution is 6.13. The molecule has 10 atom stereocenters. The Morgan fingerprint density at radius 1 is 0.954 bits per heavy atom. The molecule has 65 heavy (non-hydrogen) atoms. The zero-order chi connectivity index (χ0) is 46.3. The van der Waals surface area contributed by atoms with Crippen molar-refractivity contribution in [2.75, 3.05) is 19.7 Å². The molecule has 7 fully saturated rings. The fourth-order valence-corrected chi connectivity index (χ4v) is 13.6. The number of hydrogen-bond acceptors (Lipinski definition) is 12. The van der Waals surface area contributed by atoms with E-state index in [1.54, 1.807) is 12.2 Å². The van der Waals surface area contributed by atoms with Crippen LogP contribution >= 0.6 is 0 Å². The van der Waals surface area contributed by atoms with Gasteiger partial charge >= 0.3 is 5.97 Å². The average Bonchev–Trinajstić information content (AvgIpc) is 3.87. The summed E-state index contributed by atoms with van der Waals surface area (Å²) in [5.74, 6) is -4.58. The summed E-state index contributed by atoms with van der Waals surface area (Å²) in [6.07, 6.45) is 9.61. The van der Waals surface area contributed by atoms with Crippen molar-refractivity contribution in [3.8, 4) is 0 Å². The van der Waals surface area contributed by atoms with Gasteiger partial charge in [-0.05, 0) is 92.8 Å². The van der Waals surface area contributed by atoms with Crippen LogP contribution in [0.3, 0.4) is 0 Å². The monoisotopic (exact) mass is 896 g/mol. The number of carbonyl (C=O) groups excluding carboxylic acids is 7. The van der Waals surface area contributed by atoms with Gasteiger partial charge in [0, 0.05) is 59.4 Å². The third-order valence-electron chi connectivity index (χ3n) is 16.4. The minimum atomic E-state index is -1.45. The largest absolute Gasteiger partial charge is 0.481 e. The molecule has 1 aromatic rings. The second kappa shape index (κ2) is 16.2. The van der Waals surface area contributed by atoms with E-state index in [2.05, 4.69) is 22.9 Å². The number of rotatable bonds is 16. The summed E-state index contributed by atoms with van der Waals surface area (Å²) < 4.78 is 13.4. The maximum atomic E-state index is 14.0. The Labute approximate surface area is 375 Å². The van der Waals surface area contributed by atoms with Crippen molar-refractivity contribution in [1.82, 2.24) is 20.9 Å². The number of fused-ring (bicyclic) bond motifs is 7. The smallest absolute Gasteiger partial charge is 0.303 e. The van der Waals surface area contributed by atoms with Crippen LogP contribution < -0.4 is 16.0 Å². The van der Waals surface area contributed by atoms with E-state index in [4.69, 9.17) is 9.47 Å². The summed E-state index contributed by atoms with van der Waals surface area (Å²) in [5.41, 5.74) is -0.438.